The number of hydrogen-bond acceptors (Lipinski definition) is 4. The summed E-state index contributed by atoms with van der Waals surface area (Å²) >= 11 is 1.42. The normalized spacial score (nSPS) is 10.2. The molecule has 0 fully saturated rings. The lowest BCUT2D eigenvalue weighted by molar-refractivity contribution is 0.975. The molecule has 0 saturated heterocycles. The SMILES string of the molecule is C=C(C)CN(C)c1nc(-c2ccccc2)ns1. The second-order valence-electron chi connectivity index (χ2n) is 4.08. The summed E-state index contributed by atoms with van der Waals surface area (Å²) in [5, 5.41) is 0.923. The second-order valence-corrected chi connectivity index (χ2v) is 4.81. The van der Waals surface area contributed by atoms with E-state index in [1.807, 2.05) is 44.3 Å². The summed E-state index contributed by atoms with van der Waals surface area (Å²) in [5.41, 5.74) is 2.17. The van der Waals surface area contributed by atoms with E-state index in [9.17, 15) is 0 Å². The van der Waals surface area contributed by atoms with Gasteiger partial charge in [-0.25, -0.2) is 0 Å². The molecule has 0 unspecified atom stereocenters. The third kappa shape index (κ3) is 2.91. The van der Waals surface area contributed by atoms with Crippen LogP contribution in [0, 0.1) is 0 Å². The molecule has 88 valence electrons. The molecule has 0 aliphatic rings. The minimum Gasteiger partial charge on any atom is -0.346 e. The summed E-state index contributed by atoms with van der Waals surface area (Å²) in [4.78, 5) is 6.59. The van der Waals surface area contributed by atoms with Crippen LogP contribution in [-0.4, -0.2) is 22.9 Å². The first kappa shape index (κ1) is 11.8. The van der Waals surface area contributed by atoms with Gasteiger partial charge in [0.1, 0.15) is 0 Å². The van der Waals surface area contributed by atoms with Crippen LogP contribution in [0.4, 0.5) is 5.13 Å². The highest BCUT2D eigenvalue weighted by molar-refractivity contribution is 7.09. The van der Waals surface area contributed by atoms with Crippen molar-refractivity contribution in [1.29, 1.82) is 0 Å². The van der Waals surface area contributed by atoms with Crippen LogP contribution in [0.3, 0.4) is 0 Å². The minimum absolute atomic E-state index is 0.791. The van der Waals surface area contributed by atoms with Gasteiger partial charge in [-0.3, -0.25) is 0 Å². The summed E-state index contributed by atoms with van der Waals surface area (Å²) in [6, 6.07) is 10.0. The van der Waals surface area contributed by atoms with Crippen molar-refractivity contribution in [1.82, 2.24) is 9.36 Å². The van der Waals surface area contributed by atoms with Crippen molar-refractivity contribution in [2.75, 3.05) is 18.5 Å². The molecule has 0 aliphatic carbocycles. The number of benzene rings is 1. The highest BCUT2D eigenvalue weighted by Gasteiger charge is 2.09. The smallest absolute Gasteiger partial charge is 0.205 e. The molecule has 1 aromatic carbocycles. The van der Waals surface area contributed by atoms with Crippen LogP contribution in [0.1, 0.15) is 6.92 Å². The molecule has 0 bridgehead atoms. The first-order valence-corrected chi connectivity index (χ1v) is 6.19. The molecule has 0 atom stereocenters. The van der Waals surface area contributed by atoms with Gasteiger partial charge in [0.25, 0.3) is 0 Å². The Labute approximate surface area is 106 Å². The average molecular weight is 245 g/mol. The van der Waals surface area contributed by atoms with Crippen molar-refractivity contribution in [3.05, 3.63) is 42.5 Å². The average Bonchev–Trinajstić information content (AvgIpc) is 2.78. The molecule has 0 amide bonds. The fourth-order valence-electron chi connectivity index (χ4n) is 1.55. The van der Waals surface area contributed by atoms with Crippen LogP contribution < -0.4 is 4.90 Å². The van der Waals surface area contributed by atoms with Crippen LogP contribution in [-0.2, 0) is 0 Å². The molecule has 0 N–H and O–H groups in total. The van der Waals surface area contributed by atoms with Gasteiger partial charge in [0.2, 0.25) is 5.13 Å². The third-order valence-corrected chi connectivity index (χ3v) is 3.11. The van der Waals surface area contributed by atoms with E-state index in [0.29, 0.717) is 0 Å². The van der Waals surface area contributed by atoms with Crippen LogP contribution in [0.5, 0.6) is 0 Å². The van der Waals surface area contributed by atoms with Gasteiger partial charge in [-0.05, 0) is 6.92 Å². The maximum Gasteiger partial charge on any atom is 0.205 e. The Kier molecular flexibility index (Phi) is 3.54. The Bertz CT molecular complexity index is 504. The lowest BCUT2D eigenvalue weighted by atomic mass is 10.2. The van der Waals surface area contributed by atoms with Gasteiger partial charge in [0.05, 0.1) is 0 Å². The monoisotopic (exact) mass is 245 g/mol. The number of nitrogens with zero attached hydrogens (tertiary/aromatic N) is 3. The van der Waals surface area contributed by atoms with Crippen molar-refractivity contribution in [2.45, 2.75) is 6.92 Å². The van der Waals surface area contributed by atoms with Crippen molar-refractivity contribution < 1.29 is 0 Å². The minimum atomic E-state index is 0.791. The zero-order valence-corrected chi connectivity index (χ0v) is 10.9. The fourth-order valence-corrected chi connectivity index (χ4v) is 2.19. The maximum atomic E-state index is 4.53. The Balaban J connectivity index is 2.19. The van der Waals surface area contributed by atoms with Crippen molar-refractivity contribution in [2.24, 2.45) is 0 Å². The van der Waals surface area contributed by atoms with Gasteiger partial charge in [0.15, 0.2) is 5.82 Å². The molecule has 3 nitrogen and oxygen atoms in total. The zero-order chi connectivity index (χ0) is 12.3. The fraction of sp³-hybridized carbons (Fsp3) is 0.231. The van der Waals surface area contributed by atoms with Crippen LogP contribution in [0.25, 0.3) is 11.4 Å². The highest BCUT2D eigenvalue weighted by Crippen LogP contribution is 2.23. The van der Waals surface area contributed by atoms with Gasteiger partial charge < -0.3 is 4.90 Å². The van der Waals surface area contributed by atoms with E-state index in [4.69, 9.17) is 0 Å². The molecule has 1 aromatic heterocycles. The number of anilines is 1. The molecule has 4 heteroatoms. The maximum absolute atomic E-state index is 4.53. The van der Waals surface area contributed by atoms with E-state index in [1.165, 1.54) is 11.5 Å². The van der Waals surface area contributed by atoms with E-state index in [1.54, 1.807) is 0 Å². The van der Waals surface area contributed by atoms with Crippen LogP contribution >= 0.6 is 11.5 Å². The molecule has 2 aromatic rings. The molecule has 1 heterocycles. The predicted octanol–water partition coefficient (Wildman–Crippen LogP) is 3.22. The van der Waals surface area contributed by atoms with E-state index < -0.39 is 0 Å². The van der Waals surface area contributed by atoms with E-state index in [0.717, 1.165) is 28.6 Å². The van der Waals surface area contributed by atoms with Gasteiger partial charge in [-0.1, -0.05) is 42.5 Å². The Morgan fingerprint density at radius 2 is 2.06 bits per heavy atom. The van der Waals surface area contributed by atoms with Gasteiger partial charge in [0, 0.05) is 30.7 Å². The number of hydrogen-bond donors (Lipinski definition) is 0. The lowest BCUT2D eigenvalue weighted by Crippen LogP contribution is -2.18. The lowest BCUT2D eigenvalue weighted by Gasteiger charge is -2.14. The topological polar surface area (TPSA) is 29.0 Å². The molecule has 17 heavy (non-hydrogen) atoms. The van der Waals surface area contributed by atoms with Gasteiger partial charge >= 0.3 is 0 Å². The van der Waals surface area contributed by atoms with Gasteiger partial charge in [-0.2, -0.15) is 9.36 Å². The van der Waals surface area contributed by atoms with Crippen molar-refractivity contribution in [3.63, 3.8) is 0 Å². The third-order valence-electron chi connectivity index (χ3n) is 2.28. The van der Waals surface area contributed by atoms with Crippen molar-refractivity contribution >= 4 is 16.7 Å². The molecule has 0 spiro atoms. The summed E-state index contributed by atoms with van der Waals surface area (Å²) in [5.74, 6) is 0.791. The van der Waals surface area contributed by atoms with E-state index in [-0.39, 0.29) is 0 Å². The van der Waals surface area contributed by atoms with Crippen molar-refractivity contribution in [3.8, 4) is 11.4 Å². The quantitative estimate of drug-likeness (QED) is 0.774. The largest absolute Gasteiger partial charge is 0.346 e. The Hall–Kier alpha value is -1.68. The van der Waals surface area contributed by atoms with Gasteiger partial charge in [-0.15, -0.1) is 0 Å². The molecule has 2 rings (SSSR count). The van der Waals surface area contributed by atoms with Crippen LogP contribution in [0.15, 0.2) is 42.5 Å². The Morgan fingerprint density at radius 3 is 2.71 bits per heavy atom. The first-order chi connectivity index (χ1) is 8.16. The summed E-state index contributed by atoms with van der Waals surface area (Å²) in [6.07, 6.45) is 0. The molecule has 0 aliphatic heterocycles. The standard InChI is InChI=1S/C13H15N3S/c1-10(2)9-16(3)13-14-12(15-17-13)11-7-5-4-6-8-11/h4-8H,1,9H2,2-3H3. The summed E-state index contributed by atoms with van der Waals surface area (Å²) in [7, 11) is 2.00. The predicted molar refractivity (Wildman–Crippen MR) is 73.4 cm³/mol. The Morgan fingerprint density at radius 1 is 1.35 bits per heavy atom. The highest BCUT2D eigenvalue weighted by atomic mass is 32.1. The first-order valence-electron chi connectivity index (χ1n) is 5.41. The van der Waals surface area contributed by atoms with E-state index >= 15 is 0 Å². The number of likely N-dealkylation sites (N-methyl/N-ethyl adjacent to an activating group) is 1. The summed E-state index contributed by atoms with van der Waals surface area (Å²) < 4.78 is 4.37. The van der Waals surface area contributed by atoms with Crippen LogP contribution in [0.2, 0.25) is 0 Å². The summed E-state index contributed by atoms with van der Waals surface area (Å²) in [6.45, 7) is 6.72. The molecule has 0 saturated carbocycles. The molecular weight excluding hydrogens is 230 g/mol. The molecule has 0 radical (unpaired) electrons. The van der Waals surface area contributed by atoms with E-state index in [2.05, 4.69) is 20.8 Å². The second kappa shape index (κ2) is 5.10. The number of aromatic nitrogens is 2. The zero-order valence-electron chi connectivity index (χ0n) is 10.1. The molecular formula is C13H15N3S. The number of rotatable bonds is 4.